The van der Waals surface area contributed by atoms with Crippen molar-refractivity contribution in [3.05, 3.63) is 29.3 Å². The van der Waals surface area contributed by atoms with Crippen LogP contribution in [-0.2, 0) is 0 Å². The summed E-state index contributed by atoms with van der Waals surface area (Å²) in [4.78, 5) is 11.7. The zero-order chi connectivity index (χ0) is 13.8. The molecule has 1 aromatic rings. The third-order valence-corrected chi connectivity index (χ3v) is 2.99. The predicted octanol–water partition coefficient (Wildman–Crippen LogP) is 1.79. The summed E-state index contributed by atoms with van der Waals surface area (Å²) in [5.41, 5.74) is 2.34. The fourth-order valence-corrected chi connectivity index (χ4v) is 1.60. The molecule has 4 nitrogen and oxygen atoms in total. The largest absolute Gasteiger partial charge is 0.396 e. The average molecular weight is 250 g/mol. The molecule has 1 aromatic carbocycles. The van der Waals surface area contributed by atoms with Crippen LogP contribution in [0.5, 0.6) is 0 Å². The lowest BCUT2D eigenvalue weighted by Crippen LogP contribution is -2.27. The number of hydrogen-bond donors (Lipinski definition) is 3. The first kappa shape index (κ1) is 14.5. The molecule has 0 spiro atoms. The van der Waals surface area contributed by atoms with Crippen LogP contribution < -0.4 is 10.6 Å². The van der Waals surface area contributed by atoms with Crippen LogP contribution in [-0.4, -0.2) is 31.2 Å². The first-order chi connectivity index (χ1) is 8.41. The summed E-state index contributed by atoms with van der Waals surface area (Å²) < 4.78 is 0. The van der Waals surface area contributed by atoms with Crippen molar-refractivity contribution in [2.24, 2.45) is 5.41 Å². The summed E-state index contributed by atoms with van der Waals surface area (Å²) >= 11 is 0. The van der Waals surface area contributed by atoms with Crippen LogP contribution in [0.3, 0.4) is 0 Å². The molecule has 100 valence electrons. The van der Waals surface area contributed by atoms with E-state index in [0.717, 1.165) is 11.3 Å². The van der Waals surface area contributed by atoms with Crippen LogP contribution in [0, 0.1) is 12.3 Å². The molecule has 0 bridgehead atoms. The number of benzene rings is 1. The second-order valence-electron chi connectivity index (χ2n) is 5.23. The third-order valence-electron chi connectivity index (χ3n) is 2.99. The van der Waals surface area contributed by atoms with E-state index in [-0.39, 0.29) is 17.9 Å². The Labute approximate surface area is 108 Å². The van der Waals surface area contributed by atoms with Gasteiger partial charge in [-0.1, -0.05) is 19.9 Å². The van der Waals surface area contributed by atoms with E-state index in [4.69, 9.17) is 0 Å². The highest BCUT2D eigenvalue weighted by Crippen LogP contribution is 2.21. The lowest BCUT2D eigenvalue weighted by atomic mass is 9.94. The zero-order valence-corrected chi connectivity index (χ0v) is 11.5. The molecule has 0 atom stereocenters. The second-order valence-corrected chi connectivity index (χ2v) is 5.23. The Bertz CT molecular complexity index is 428. The van der Waals surface area contributed by atoms with Crippen LogP contribution >= 0.6 is 0 Å². The molecule has 18 heavy (non-hydrogen) atoms. The van der Waals surface area contributed by atoms with Crippen molar-refractivity contribution in [1.82, 2.24) is 5.32 Å². The Morgan fingerprint density at radius 3 is 2.61 bits per heavy atom. The molecule has 4 heteroatoms. The Hall–Kier alpha value is -1.55. The normalized spacial score (nSPS) is 11.2. The maximum atomic E-state index is 11.7. The van der Waals surface area contributed by atoms with Gasteiger partial charge in [0.15, 0.2) is 0 Å². The molecule has 0 fully saturated rings. The van der Waals surface area contributed by atoms with Gasteiger partial charge in [0.1, 0.15) is 0 Å². The molecule has 0 unspecified atom stereocenters. The lowest BCUT2D eigenvalue weighted by Gasteiger charge is -2.23. The van der Waals surface area contributed by atoms with Gasteiger partial charge in [-0.25, -0.2) is 0 Å². The Kier molecular flexibility index (Phi) is 4.73. The number of nitrogens with one attached hydrogen (secondary N) is 2. The molecule has 3 N–H and O–H groups in total. The molecule has 0 saturated heterocycles. The molecule has 0 aliphatic heterocycles. The molecule has 1 rings (SSSR count). The SMILES string of the molecule is CNC(=O)c1cccc(NCC(C)(C)CO)c1C. The smallest absolute Gasteiger partial charge is 0.251 e. The summed E-state index contributed by atoms with van der Waals surface area (Å²) in [6.45, 7) is 6.66. The highest BCUT2D eigenvalue weighted by atomic mass is 16.3. The van der Waals surface area contributed by atoms with Gasteiger partial charge in [0, 0.05) is 36.9 Å². The number of anilines is 1. The van der Waals surface area contributed by atoms with Crippen molar-refractivity contribution < 1.29 is 9.90 Å². The molecule has 0 aromatic heterocycles. The maximum Gasteiger partial charge on any atom is 0.251 e. The lowest BCUT2D eigenvalue weighted by molar-refractivity contribution is 0.0962. The van der Waals surface area contributed by atoms with Gasteiger partial charge in [-0.15, -0.1) is 0 Å². The van der Waals surface area contributed by atoms with Gasteiger partial charge in [0.25, 0.3) is 5.91 Å². The topological polar surface area (TPSA) is 61.4 Å². The van der Waals surface area contributed by atoms with Crippen molar-refractivity contribution in [3.8, 4) is 0 Å². The molecule has 0 saturated carbocycles. The number of aliphatic hydroxyl groups excluding tert-OH is 1. The standard InChI is InChI=1S/C14H22N2O2/c1-10-11(13(18)15-4)6-5-7-12(10)16-8-14(2,3)9-17/h5-7,16-17H,8-9H2,1-4H3,(H,15,18). The van der Waals surface area contributed by atoms with Gasteiger partial charge in [0.2, 0.25) is 0 Å². The Morgan fingerprint density at radius 1 is 1.39 bits per heavy atom. The zero-order valence-electron chi connectivity index (χ0n) is 11.5. The van der Waals surface area contributed by atoms with Gasteiger partial charge < -0.3 is 15.7 Å². The van der Waals surface area contributed by atoms with Crippen molar-refractivity contribution in [2.45, 2.75) is 20.8 Å². The summed E-state index contributed by atoms with van der Waals surface area (Å²) in [5.74, 6) is -0.0856. The minimum absolute atomic E-state index is 0.0856. The molecular weight excluding hydrogens is 228 g/mol. The quantitative estimate of drug-likeness (QED) is 0.746. The highest BCUT2D eigenvalue weighted by Gasteiger charge is 2.17. The number of rotatable bonds is 5. The number of carbonyl (C=O) groups is 1. The number of amides is 1. The number of aliphatic hydroxyl groups is 1. The van der Waals surface area contributed by atoms with E-state index in [1.807, 2.05) is 32.9 Å². The van der Waals surface area contributed by atoms with Gasteiger partial charge >= 0.3 is 0 Å². The molecule has 0 aliphatic rings. The van der Waals surface area contributed by atoms with E-state index in [0.29, 0.717) is 12.1 Å². The van der Waals surface area contributed by atoms with E-state index in [1.54, 1.807) is 13.1 Å². The van der Waals surface area contributed by atoms with E-state index in [2.05, 4.69) is 10.6 Å². The van der Waals surface area contributed by atoms with Gasteiger partial charge in [-0.2, -0.15) is 0 Å². The monoisotopic (exact) mass is 250 g/mol. The number of carbonyl (C=O) groups excluding carboxylic acids is 1. The molecule has 0 radical (unpaired) electrons. The first-order valence-corrected chi connectivity index (χ1v) is 6.08. The van der Waals surface area contributed by atoms with Crippen LogP contribution in [0.1, 0.15) is 29.8 Å². The predicted molar refractivity (Wildman–Crippen MR) is 73.9 cm³/mol. The van der Waals surface area contributed by atoms with E-state index >= 15 is 0 Å². The minimum Gasteiger partial charge on any atom is -0.396 e. The Balaban J connectivity index is 2.88. The summed E-state index contributed by atoms with van der Waals surface area (Å²) in [6.07, 6.45) is 0. The molecule has 0 heterocycles. The van der Waals surface area contributed by atoms with Crippen molar-refractivity contribution >= 4 is 11.6 Å². The second kappa shape index (κ2) is 5.87. The van der Waals surface area contributed by atoms with Crippen LogP contribution in [0.2, 0.25) is 0 Å². The fourth-order valence-electron chi connectivity index (χ4n) is 1.60. The Morgan fingerprint density at radius 2 is 2.06 bits per heavy atom. The van der Waals surface area contributed by atoms with E-state index < -0.39 is 0 Å². The highest BCUT2D eigenvalue weighted by molar-refractivity contribution is 5.96. The molecule has 1 amide bonds. The van der Waals surface area contributed by atoms with Crippen molar-refractivity contribution in [1.29, 1.82) is 0 Å². The summed E-state index contributed by atoms with van der Waals surface area (Å²) in [6, 6.07) is 5.59. The summed E-state index contributed by atoms with van der Waals surface area (Å²) in [7, 11) is 1.62. The fraction of sp³-hybridized carbons (Fsp3) is 0.500. The van der Waals surface area contributed by atoms with Gasteiger partial charge in [0.05, 0.1) is 0 Å². The molecule has 0 aliphatic carbocycles. The third kappa shape index (κ3) is 3.47. The molecular formula is C14H22N2O2. The van der Waals surface area contributed by atoms with Crippen molar-refractivity contribution in [3.63, 3.8) is 0 Å². The van der Waals surface area contributed by atoms with Gasteiger partial charge in [-0.3, -0.25) is 4.79 Å². The van der Waals surface area contributed by atoms with Gasteiger partial charge in [-0.05, 0) is 24.6 Å². The maximum absolute atomic E-state index is 11.7. The number of hydrogen-bond acceptors (Lipinski definition) is 3. The van der Waals surface area contributed by atoms with E-state index in [9.17, 15) is 9.90 Å². The average Bonchev–Trinajstić information content (AvgIpc) is 2.36. The summed E-state index contributed by atoms with van der Waals surface area (Å²) in [5, 5.41) is 15.1. The van der Waals surface area contributed by atoms with Crippen LogP contribution in [0.25, 0.3) is 0 Å². The first-order valence-electron chi connectivity index (χ1n) is 6.08. The van der Waals surface area contributed by atoms with Crippen LogP contribution in [0.15, 0.2) is 18.2 Å². The van der Waals surface area contributed by atoms with Crippen LogP contribution in [0.4, 0.5) is 5.69 Å². The van der Waals surface area contributed by atoms with E-state index in [1.165, 1.54) is 0 Å². The minimum atomic E-state index is -0.185. The van der Waals surface area contributed by atoms with Crippen molar-refractivity contribution in [2.75, 3.05) is 25.5 Å².